The maximum absolute atomic E-state index is 6.56. The highest BCUT2D eigenvalue weighted by atomic mass is 16.3. The van der Waals surface area contributed by atoms with Gasteiger partial charge >= 0.3 is 0 Å². The number of hydrogen-bond acceptors (Lipinski definition) is 2. The lowest BCUT2D eigenvalue weighted by Crippen LogP contribution is -2.11. The highest BCUT2D eigenvalue weighted by Crippen LogP contribution is 2.46. The molecule has 10 rings (SSSR count). The summed E-state index contributed by atoms with van der Waals surface area (Å²) in [5.74, 6) is 0. The summed E-state index contributed by atoms with van der Waals surface area (Å²) < 4.78 is 8.94. The van der Waals surface area contributed by atoms with Gasteiger partial charge in [0.05, 0.1) is 16.7 Å². The monoisotopic (exact) mass is 626 g/mol. The molecule has 0 fully saturated rings. The van der Waals surface area contributed by atoms with E-state index in [4.69, 9.17) is 4.42 Å². The van der Waals surface area contributed by atoms with Gasteiger partial charge in [-0.05, 0) is 65.0 Å². The van der Waals surface area contributed by atoms with Crippen LogP contribution in [0.2, 0.25) is 0 Å². The molecular formula is C46H30N2O. The number of benzene rings is 8. The Kier molecular flexibility index (Phi) is 6.18. The summed E-state index contributed by atoms with van der Waals surface area (Å²) >= 11 is 0. The zero-order chi connectivity index (χ0) is 32.3. The van der Waals surface area contributed by atoms with Crippen molar-refractivity contribution in [2.75, 3.05) is 4.90 Å². The fraction of sp³-hybridized carbons (Fsp3) is 0. The van der Waals surface area contributed by atoms with Gasteiger partial charge in [-0.2, -0.15) is 0 Å². The molecule has 0 spiro atoms. The van der Waals surface area contributed by atoms with Gasteiger partial charge < -0.3 is 13.9 Å². The molecule has 0 aliphatic heterocycles. The van der Waals surface area contributed by atoms with Crippen LogP contribution in [0.3, 0.4) is 0 Å². The van der Waals surface area contributed by atoms with E-state index in [-0.39, 0.29) is 0 Å². The first kappa shape index (κ1) is 27.5. The number of anilines is 3. The maximum atomic E-state index is 6.56. The standard InChI is InChI=1S/C46H30N2O/c1-3-13-31(14-4-1)32-23-25-34(26-24-32)47(43-30-45-46(39-19-8-7-18-37(39)43)40-20-10-12-22-44(40)49-45)35-27-28-38-36-17-9-11-21-41(36)48(42(38)29-35)33-15-5-2-6-16-33/h1-30H. The fourth-order valence-corrected chi connectivity index (χ4v) is 7.57. The van der Waals surface area contributed by atoms with Crippen molar-refractivity contribution in [1.29, 1.82) is 0 Å². The lowest BCUT2D eigenvalue weighted by atomic mass is 10.00. The Morgan fingerprint density at radius 3 is 1.78 bits per heavy atom. The van der Waals surface area contributed by atoms with Gasteiger partial charge in [0.1, 0.15) is 11.2 Å². The molecule has 0 N–H and O–H groups in total. The Labute approximate surface area is 283 Å². The van der Waals surface area contributed by atoms with Crippen LogP contribution in [0.4, 0.5) is 17.1 Å². The number of hydrogen-bond donors (Lipinski definition) is 0. The van der Waals surface area contributed by atoms with Crippen LogP contribution >= 0.6 is 0 Å². The van der Waals surface area contributed by atoms with Gasteiger partial charge in [-0.1, -0.05) is 127 Å². The van der Waals surface area contributed by atoms with Crippen molar-refractivity contribution in [2.45, 2.75) is 0 Å². The zero-order valence-electron chi connectivity index (χ0n) is 26.6. The van der Waals surface area contributed by atoms with Crippen molar-refractivity contribution in [1.82, 2.24) is 4.57 Å². The van der Waals surface area contributed by atoms with Crippen molar-refractivity contribution >= 4 is 71.6 Å². The highest BCUT2D eigenvalue weighted by molar-refractivity contribution is 6.22. The number of fused-ring (bicyclic) bond motifs is 8. The first-order valence-corrected chi connectivity index (χ1v) is 16.7. The van der Waals surface area contributed by atoms with E-state index in [0.717, 1.165) is 55.6 Å². The van der Waals surface area contributed by atoms with Crippen molar-refractivity contribution in [3.63, 3.8) is 0 Å². The number of nitrogens with zero attached hydrogens (tertiary/aromatic N) is 2. The zero-order valence-corrected chi connectivity index (χ0v) is 26.6. The van der Waals surface area contributed by atoms with Crippen LogP contribution in [-0.4, -0.2) is 4.57 Å². The molecule has 0 aliphatic rings. The molecule has 10 aromatic rings. The quantitative estimate of drug-likeness (QED) is 0.190. The molecule has 0 saturated carbocycles. The van der Waals surface area contributed by atoms with E-state index in [2.05, 4.69) is 185 Å². The van der Waals surface area contributed by atoms with E-state index < -0.39 is 0 Å². The van der Waals surface area contributed by atoms with Gasteiger partial charge in [-0.3, -0.25) is 0 Å². The third-order valence-electron chi connectivity index (χ3n) is 9.77. The molecule has 49 heavy (non-hydrogen) atoms. The molecule has 0 radical (unpaired) electrons. The van der Waals surface area contributed by atoms with Gasteiger partial charge in [0.25, 0.3) is 0 Å². The Morgan fingerprint density at radius 1 is 0.388 bits per heavy atom. The molecule has 0 atom stereocenters. The Balaban J connectivity index is 1.27. The second kappa shape index (κ2) is 11.0. The van der Waals surface area contributed by atoms with Crippen LogP contribution in [-0.2, 0) is 0 Å². The Hall–Kier alpha value is -6.58. The van der Waals surface area contributed by atoms with Gasteiger partial charge in [0, 0.05) is 50.1 Å². The molecule has 230 valence electrons. The van der Waals surface area contributed by atoms with Gasteiger partial charge in [-0.15, -0.1) is 0 Å². The summed E-state index contributed by atoms with van der Waals surface area (Å²) in [6.45, 7) is 0. The third kappa shape index (κ3) is 4.37. The first-order valence-electron chi connectivity index (χ1n) is 16.7. The number of aromatic nitrogens is 1. The minimum absolute atomic E-state index is 0.875. The van der Waals surface area contributed by atoms with E-state index in [1.165, 1.54) is 32.8 Å². The summed E-state index contributed by atoms with van der Waals surface area (Å²) in [7, 11) is 0. The largest absolute Gasteiger partial charge is 0.456 e. The average molecular weight is 627 g/mol. The molecule has 2 heterocycles. The molecule has 0 aliphatic carbocycles. The van der Waals surface area contributed by atoms with E-state index in [9.17, 15) is 0 Å². The number of rotatable bonds is 5. The summed E-state index contributed by atoms with van der Waals surface area (Å²) in [6.07, 6.45) is 0. The Bertz CT molecular complexity index is 2810. The summed E-state index contributed by atoms with van der Waals surface area (Å²) in [5, 5.41) is 7.07. The van der Waals surface area contributed by atoms with Crippen LogP contribution in [0.1, 0.15) is 0 Å². The topological polar surface area (TPSA) is 21.3 Å². The van der Waals surface area contributed by atoms with Crippen LogP contribution in [0, 0.1) is 0 Å². The summed E-state index contributed by atoms with van der Waals surface area (Å²) in [5.41, 5.74) is 10.8. The Morgan fingerprint density at radius 2 is 0.980 bits per heavy atom. The molecular weight excluding hydrogens is 597 g/mol. The van der Waals surface area contributed by atoms with Crippen LogP contribution < -0.4 is 4.90 Å². The lowest BCUT2D eigenvalue weighted by molar-refractivity contribution is 0.669. The highest BCUT2D eigenvalue weighted by Gasteiger charge is 2.22. The van der Waals surface area contributed by atoms with Crippen LogP contribution in [0.5, 0.6) is 0 Å². The minimum Gasteiger partial charge on any atom is -0.456 e. The van der Waals surface area contributed by atoms with E-state index in [1.54, 1.807) is 0 Å². The molecule has 3 nitrogen and oxygen atoms in total. The second-order valence-corrected chi connectivity index (χ2v) is 12.6. The van der Waals surface area contributed by atoms with E-state index in [1.807, 2.05) is 6.07 Å². The smallest absolute Gasteiger partial charge is 0.138 e. The summed E-state index contributed by atoms with van der Waals surface area (Å²) in [6, 6.07) is 64.9. The fourth-order valence-electron chi connectivity index (χ4n) is 7.57. The first-order chi connectivity index (χ1) is 24.3. The molecule has 8 aromatic carbocycles. The van der Waals surface area contributed by atoms with Gasteiger partial charge in [0.15, 0.2) is 0 Å². The molecule has 2 aromatic heterocycles. The van der Waals surface area contributed by atoms with Crippen LogP contribution in [0.25, 0.3) is 71.3 Å². The molecule has 0 unspecified atom stereocenters. The predicted octanol–water partition coefficient (Wildman–Crippen LogP) is 13.0. The van der Waals surface area contributed by atoms with Crippen molar-refractivity contribution < 1.29 is 4.42 Å². The normalized spacial score (nSPS) is 11.7. The average Bonchev–Trinajstić information content (AvgIpc) is 3.71. The van der Waals surface area contributed by atoms with Crippen molar-refractivity contribution in [3.05, 3.63) is 182 Å². The maximum Gasteiger partial charge on any atom is 0.138 e. The summed E-state index contributed by atoms with van der Waals surface area (Å²) in [4.78, 5) is 2.39. The molecule has 3 heteroatoms. The van der Waals surface area contributed by atoms with Gasteiger partial charge in [-0.25, -0.2) is 0 Å². The minimum atomic E-state index is 0.875. The third-order valence-corrected chi connectivity index (χ3v) is 9.77. The SMILES string of the molecule is c1ccc(-c2ccc(N(c3ccc4c5ccccc5n(-c5ccccc5)c4c3)c3cc4oc5ccccc5c4c4ccccc34)cc2)cc1. The van der Waals surface area contributed by atoms with Crippen molar-refractivity contribution in [3.8, 4) is 16.8 Å². The van der Waals surface area contributed by atoms with E-state index >= 15 is 0 Å². The van der Waals surface area contributed by atoms with Gasteiger partial charge in [0.2, 0.25) is 0 Å². The second-order valence-electron chi connectivity index (χ2n) is 12.6. The predicted molar refractivity (Wildman–Crippen MR) is 206 cm³/mol. The van der Waals surface area contributed by atoms with E-state index in [0.29, 0.717) is 0 Å². The number of para-hydroxylation sites is 3. The number of furan rings is 1. The lowest BCUT2D eigenvalue weighted by Gasteiger charge is -2.27. The molecule has 0 amide bonds. The molecule has 0 bridgehead atoms. The molecule has 0 saturated heterocycles. The van der Waals surface area contributed by atoms with Crippen LogP contribution in [0.15, 0.2) is 186 Å². The van der Waals surface area contributed by atoms with Crippen molar-refractivity contribution in [2.24, 2.45) is 0 Å².